The number of hydrogen-bond donors (Lipinski definition) is 1. The Bertz CT molecular complexity index is 621. The molecule has 0 amide bonds. The van der Waals surface area contributed by atoms with Crippen LogP contribution in [0, 0.1) is 5.82 Å². The van der Waals surface area contributed by atoms with Gasteiger partial charge in [-0.1, -0.05) is 32.3 Å². The van der Waals surface area contributed by atoms with Crippen LogP contribution in [-0.2, 0) is 11.3 Å². The Morgan fingerprint density at radius 2 is 2.14 bits per heavy atom. The highest BCUT2D eigenvalue weighted by molar-refractivity contribution is 7.21. The minimum absolute atomic E-state index is 0.148. The van der Waals surface area contributed by atoms with Gasteiger partial charge in [0.05, 0.1) is 6.61 Å². The molecule has 1 heterocycles. The minimum atomic E-state index is -1.03. The van der Waals surface area contributed by atoms with Gasteiger partial charge in [0, 0.05) is 22.3 Å². The van der Waals surface area contributed by atoms with Crippen molar-refractivity contribution in [3.8, 4) is 0 Å². The van der Waals surface area contributed by atoms with E-state index in [9.17, 15) is 14.3 Å². The molecule has 114 valence electrons. The SMILES string of the molecule is CCCCCCOCc1c(C(=O)O)sc2cccc(F)c12. The van der Waals surface area contributed by atoms with Gasteiger partial charge in [-0.3, -0.25) is 0 Å². The molecule has 0 aliphatic heterocycles. The zero-order valence-electron chi connectivity index (χ0n) is 12.0. The fourth-order valence-electron chi connectivity index (χ4n) is 2.28. The van der Waals surface area contributed by atoms with E-state index in [0.717, 1.165) is 30.6 Å². The van der Waals surface area contributed by atoms with Crippen molar-refractivity contribution in [3.63, 3.8) is 0 Å². The molecule has 0 saturated carbocycles. The number of aromatic carboxylic acids is 1. The number of fused-ring (bicyclic) bond motifs is 1. The fraction of sp³-hybridized carbons (Fsp3) is 0.438. The van der Waals surface area contributed by atoms with Gasteiger partial charge in [0.2, 0.25) is 0 Å². The Morgan fingerprint density at radius 3 is 2.86 bits per heavy atom. The number of rotatable bonds is 8. The van der Waals surface area contributed by atoms with Crippen molar-refractivity contribution in [1.82, 2.24) is 0 Å². The molecular formula is C16H19FO3S. The van der Waals surface area contributed by atoms with Crippen molar-refractivity contribution in [2.45, 2.75) is 39.2 Å². The van der Waals surface area contributed by atoms with E-state index in [1.165, 1.54) is 12.5 Å². The third-order valence-corrected chi connectivity index (χ3v) is 4.53. The van der Waals surface area contributed by atoms with Gasteiger partial charge in [-0.25, -0.2) is 9.18 Å². The molecule has 1 N–H and O–H groups in total. The number of ether oxygens (including phenoxy) is 1. The van der Waals surface area contributed by atoms with Gasteiger partial charge in [0.15, 0.2) is 0 Å². The molecule has 21 heavy (non-hydrogen) atoms. The summed E-state index contributed by atoms with van der Waals surface area (Å²) >= 11 is 1.10. The lowest BCUT2D eigenvalue weighted by molar-refractivity contribution is 0.0693. The summed E-state index contributed by atoms with van der Waals surface area (Å²) in [6, 6.07) is 4.68. The van der Waals surface area contributed by atoms with E-state index in [0.29, 0.717) is 22.3 Å². The second kappa shape index (κ2) is 7.52. The second-order valence-corrected chi connectivity index (χ2v) is 5.99. The average molecular weight is 310 g/mol. The summed E-state index contributed by atoms with van der Waals surface area (Å²) in [5.41, 5.74) is 0.455. The van der Waals surface area contributed by atoms with E-state index in [4.69, 9.17) is 4.74 Å². The molecule has 0 fully saturated rings. The highest BCUT2D eigenvalue weighted by Gasteiger charge is 2.20. The van der Waals surface area contributed by atoms with Crippen LogP contribution in [-0.4, -0.2) is 17.7 Å². The Hall–Kier alpha value is -1.46. The van der Waals surface area contributed by atoms with Crippen LogP contribution in [0.25, 0.3) is 10.1 Å². The summed E-state index contributed by atoms with van der Waals surface area (Å²) < 4.78 is 20.2. The van der Waals surface area contributed by atoms with Crippen LogP contribution in [0.3, 0.4) is 0 Å². The molecule has 0 radical (unpaired) electrons. The molecule has 1 aromatic carbocycles. The zero-order chi connectivity index (χ0) is 15.2. The summed E-state index contributed by atoms with van der Waals surface area (Å²) in [6.45, 7) is 2.86. The molecule has 0 aliphatic rings. The van der Waals surface area contributed by atoms with Crippen molar-refractivity contribution >= 4 is 27.4 Å². The summed E-state index contributed by atoms with van der Waals surface area (Å²) in [4.78, 5) is 11.5. The van der Waals surface area contributed by atoms with Gasteiger partial charge >= 0.3 is 5.97 Å². The lowest BCUT2D eigenvalue weighted by Gasteiger charge is -2.05. The van der Waals surface area contributed by atoms with E-state index in [1.807, 2.05) is 0 Å². The Labute approximate surface area is 127 Å². The smallest absolute Gasteiger partial charge is 0.346 e. The quantitative estimate of drug-likeness (QED) is 0.710. The lowest BCUT2D eigenvalue weighted by atomic mass is 10.1. The number of benzene rings is 1. The predicted octanol–water partition coefficient (Wildman–Crippen LogP) is 4.84. The Kier molecular flexibility index (Phi) is 5.70. The summed E-state index contributed by atoms with van der Waals surface area (Å²) in [7, 11) is 0. The Balaban J connectivity index is 2.13. The standard InChI is InChI=1S/C16H19FO3S/c1-2-3-4-5-9-20-10-11-14-12(17)7-6-8-13(14)21-15(11)16(18)19/h6-8H,2-5,9-10H2,1H3,(H,18,19). The van der Waals surface area contributed by atoms with Crippen molar-refractivity contribution in [3.05, 3.63) is 34.5 Å². The summed E-state index contributed by atoms with van der Waals surface area (Å²) in [5.74, 6) is -1.42. The number of unbranched alkanes of at least 4 members (excludes halogenated alkanes) is 3. The van der Waals surface area contributed by atoms with Gasteiger partial charge in [0.1, 0.15) is 10.7 Å². The minimum Gasteiger partial charge on any atom is -0.477 e. The van der Waals surface area contributed by atoms with Crippen LogP contribution in [0.4, 0.5) is 4.39 Å². The van der Waals surface area contributed by atoms with Gasteiger partial charge < -0.3 is 9.84 Å². The average Bonchev–Trinajstić information content (AvgIpc) is 2.83. The van der Waals surface area contributed by atoms with Crippen molar-refractivity contribution in [2.24, 2.45) is 0 Å². The molecule has 0 aliphatic carbocycles. The normalized spacial score (nSPS) is 11.1. The molecule has 2 aromatic rings. The third-order valence-electron chi connectivity index (χ3n) is 3.35. The number of carboxylic acid groups (broad SMARTS) is 1. The largest absolute Gasteiger partial charge is 0.477 e. The molecular weight excluding hydrogens is 291 g/mol. The molecule has 0 spiro atoms. The van der Waals surface area contributed by atoms with Crippen LogP contribution in [0.2, 0.25) is 0 Å². The maximum Gasteiger partial charge on any atom is 0.346 e. The molecule has 0 atom stereocenters. The van der Waals surface area contributed by atoms with Crippen LogP contribution < -0.4 is 0 Å². The first-order valence-electron chi connectivity index (χ1n) is 7.16. The molecule has 5 heteroatoms. The fourth-order valence-corrected chi connectivity index (χ4v) is 3.34. The highest BCUT2D eigenvalue weighted by Crippen LogP contribution is 2.33. The molecule has 3 nitrogen and oxygen atoms in total. The van der Waals surface area contributed by atoms with Gasteiger partial charge in [-0.05, 0) is 18.6 Å². The van der Waals surface area contributed by atoms with Gasteiger partial charge in [0.25, 0.3) is 0 Å². The Morgan fingerprint density at radius 1 is 1.33 bits per heavy atom. The summed E-state index contributed by atoms with van der Waals surface area (Å²) in [5, 5.41) is 9.65. The summed E-state index contributed by atoms with van der Waals surface area (Å²) in [6.07, 6.45) is 4.37. The molecule has 2 rings (SSSR count). The van der Waals surface area contributed by atoms with E-state index in [2.05, 4.69) is 6.92 Å². The molecule has 1 aromatic heterocycles. The first kappa shape index (κ1) is 15.9. The first-order valence-corrected chi connectivity index (χ1v) is 7.97. The number of carbonyl (C=O) groups is 1. The van der Waals surface area contributed by atoms with Crippen LogP contribution in [0.15, 0.2) is 18.2 Å². The van der Waals surface area contributed by atoms with Crippen LogP contribution >= 0.6 is 11.3 Å². The molecule has 0 unspecified atom stereocenters. The zero-order valence-corrected chi connectivity index (χ0v) is 12.8. The number of halogens is 1. The van der Waals surface area contributed by atoms with Crippen molar-refractivity contribution in [1.29, 1.82) is 0 Å². The highest BCUT2D eigenvalue weighted by atomic mass is 32.1. The predicted molar refractivity (Wildman–Crippen MR) is 82.5 cm³/mol. The first-order chi connectivity index (χ1) is 10.1. The van der Waals surface area contributed by atoms with Crippen molar-refractivity contribution < 1.29 is 19.0 Å². The van der Waals surface area contributed by atoms with E-state index in [1.54, 1.807) is 12.1 Å². The van der Waals surface area contributed by atoms with Gasteiger partial charge in [-0.2, -0.15) is 0 Å². The topological polar surface area (TPSA) is 46.5 Å². The lowest BCUT2D eigenvalue weighted by Crippen LogP contribution is -2.02. The van der Waals surface area contributed by atoms with Crippen LogP contribution in [0.5, 0.6) is 0 Å². The van der Waals surface area contributed by atoms with E-state index in [-0.39, 0.29) is 17.3 Å². The maximum atomic E-state index is 14.0. The van der Waals surface area contributed by atoms with E-state index >= 15 is 0 Å². The van der Waals surface area contributed by atoms with Crippen molar-refractivity contribution in [2.75, 3.05) is 6.61 Å². The maximum absolute atomic E-state index is 14.0. The molecule has 0 saturated heterocycles. The van der Waals surface area contributed by atoms with E-state index < -0.39 is 5.97 Å². The number of thiophene rings is 1. The van der Waals surface area contributed by atoms with Gasteiger partial charge in [-0.15, -0.1) is 11.3 Å². The number of hydrogen-bond acceptors (Lipinski definition) is 3. The van der Waals surface area contributed by atoms with Crippen LogP contribution in [0.1, 0.15) is 47.8 Å². The number of carboxylic acids is 1. The third kappa shape index (κ3) is 3.80. The monoisotopic (exact) mass is 310 g/mol. The molecule has 0 bridgehead atoms. The second-order valence-electron chi connectivity index (χ2n) is 4.94.